The molecule has 1 aromatic rings. The summed E-state index contributed by atoms with van der Waals surface area (Å²) in [6, 6.07) is 0. The van der Waals surface area contributed by atoms with Crippen molar-refractivity contribution in [2.75, 3.05) is 19.7 Å². The van der Waals surface area contributed by atoms with Crippen molar-refractivity contribution >= 4 is 29.5 Å². The molecule has 0 aromatic carbocycles. The molecule has 2 rings (SSSR count). The Morgan fingerprint density at radius 2 is 2.40 bits per heavy atom. The molecule has 0 spiro atoms. The van der Waals surface area contributed by atoms with Crippen molar-refractivity contribution in [3.8, 4) is 0 Å². The Bertz CT molecular complexity index is 510. The van der Waals surface area contributed by atoms with Gasteiger partial charge in [0.1, 0.15) is 0 Å². The van der Waals surface area contributed by atoms with E-state index < -0.39 is 0 Å². The molecule has 112 valence electrons. The van der Waals surface area contributed by atoms with E-state index in [0.717, 1.165) is 53.5 Å². The fourth-order valence-corrected chi connectivity index (χ4v) is 3.72. The van der Waals surface area contributed by atoms with Gasteiger partial charge in [0.05, 0.1) is 12.5 Å². The Balaban J connectivity index is 1.91. The number of aryl methyl sites for hydroxylation is 1. The number of hydrogen-bond acceptors (Lipinski definition) is 4. The first-order valence-electron chi connectivity index (χ1n) is 7.18. The number of thiazole rings is 1. The van der Waals surface area contributed by atoms with Gasteiger partial charge in [-0.2, -0.15) is 0 Å². The van der Waals surface area contributed by atoms with E-state index in [2.05, 4.69) is 11.9 Å². The zero-order valence-electron chi connectivity index (χ0n) is 12.1. The fourth-order valence-electron chi connectivity index (χ4n) is 2.44. The van der Waals surface area contributed by atoms with Crippen molar-refractivity contribution in [1.29, 1.82) is 0 Å². The maximum absolute atomic E-state index is 12.4. The number of piperidine rings is 1. The van der Waals surface area contributed by atoms with E-state index >= 15 is 0 Å². The summed E-state index contributed by atoms with van der Waals surface area (Å²) in [4.78, 5) is 18.5. The van der Waals surface area contributed by atoms with E-state index in [-0.39, 0.29) is 12.0 Å². The summed E-state index contributed by atoms with van der Waals surface area (Å²) in [6.07, 6.45) is 3.77. The van der Waals surface area contributed by atoms with Gasteiger partial charge in [0, 0.05) is 30.3 Å². The van der Waals surface area contributed by atoms with Gasteiger partial charge in [0.2, 0.25) is 5.91 Å². The predicted octanol–water partition coefficient (Wildman–Crippen LogP) is 3.07. The van der Waals surface area contributed by atoms with Gasteiger partial charge >= 0.3 is 0 Å². The van der Waals surface area contributed by atoms with Gasteiger partial charge in [-0.05, 0) is 38.4 Å². The third kappa shape index (κ3) is 4.14. The van der Waals surface area contributed by atoms with Crippen molar-refractivity contribution < 1.29 is 9.53 Å². The predicted molar refractivity (Wildman–Crippen MR) is 83.8 cm³/mol. The van der Waals surface area contributed by atoms with Crippen LogP contribution in [-0.4, -0.2) is 41.6 Å². The van der Waals surface area contributed by atoms with Crippen molar-refractivity contribution in [1.82, 2.24) is 9.88 Å². The minimum absolute atomic E-state index is 0.183. The molecular weight excluding hydrogens is 292 g/mol. The standard InChI is InChI=1S/C14H22N2O2S2/c1-3-7-18-11-5-4-6-16(9-11)13(17)8-12-10(2)15-14(19)20-12/h11H,3-9H2,1-2H3,(H,15,19). The van der Waals surface area contributed by atoms with Crippen LogP contribution in [0.25, 0.3) is 0 Å². The second-order valence-electron chi connectivity index (χ2n) is 5.21. The maximum atomic E-state index is 12.4. The molecule has 1 aliphatic heterocycles. The summed E-state index contributed by atoms with van der Waals surface area (Å²) in [5, 5.41) is 0. The quantitative estimate of drug-likeness (QED) is 0.850. The van der Waals surface area contributed by atoms with Crippen LogP contribution in [0.4, 0.5) is 0 Å². The summed E-state index contributed by atoms with van der Waals surface area (Å²) in [7, 11) is 0. The number of likely N-dealkylation sites (tertiary alicyclic amines) is 1. The molecule has 4 nitrogen and oxygen atoms in total. The van der Waals surface area contributed by atoms with Crippen LogP contribution in [0.5, 0.6) is 0 Å². The fraction of sp³-hybridized carbons (Fsp3) is 0.714. The van der Waals surface area contributed by atoms with Crippen LogP contribution in [0.1, 0.15) is 36.8 Å². The molecule has 2 heterocycles. The largest absolute Gasteiger partial charge is 0.376 e. The molecule has 0 radical (unpaired) electrons. The third-order valence-electron chi connectivity index (χ3n) is 3.52. The molecule has 0 aliphatic carbocycles. The normalized spacial score (nSPS) is 19.3. The molecule has 1 fully saturated rings. The van der Waals surface area contributed by atoms with E-state index in [9.17, 15) is 4.79 Å². The molecule has 1 aliphatic rings. The average Bonchev–Trinajstić information content (AvgIpc) is 2.75. The Hall–Kier alpha value is -0.720. The first-order valence-corrected chi connectivity index (χ1v) is 8.40. The summed E-state index contributed by atoms with van der Waals surface area (Å²) in [6.45, 7) is 6.44. The number of rotatable bonds is 5. The van der Waals surface area contributed by atoms with Crippen LogP contribution in [0, 0.1) is 10.9 Å². The smallest absolute Gasteiger partial charge is 0.227 e. The number of nitrogens with one attached hydrogen (secondary N) is 1. The highest BCUT2D eigenvalue weighted by atomic mass is 32.1. The number of hydrogen-bond donors (Lipinski definition) is 1. The van der Waals surface area contributed by atoms with Crippen LogP contribution in [-0.2, 0) is 16.0 Å². The lowest BCUT2D eigenvalue weighted by Gasteiger charge is -2.32. The number of carbonyl (C=O) groups excluding carboxylic acids is 1. The minimum atomic E-state index is 0.183. The summed E-state index contributed by atoms with van der Waals surface area (Å²) in [5.41, 5.74) is 1.02. The molecule has 6 heteroatoms. The summed E-state index contributed by atoms with van der Waals surface area (Å²) >= 11 is 6.62. The van der Waals surface area contributed by atoms with Crippen LogP contribution in [0.15, 0.2) is 0 Å². The Morgan fingerprint density at radius 3 is 3.05 bits per heavy atom. The number of aromatic nitrogens is 1. The lowest BCUT2D eigenvalue weighted by atomic mass is 10.1. The highest BCUT2D eigenvalue weighted by Crippen LogP contribution is 2.19. The van der Waals surface area contributed by atoms with Gasteiger partial charge in [-0.3, -0.25) is 4.79 Å². The van der Waals surface area contributed by atoms with Crippen LogP contribution < -0.4 is 0 Å². The molecule has 1 amide bonds. The van der Waals surface area contributed by atoms with Gasteiger partial charge in [-0.1, -0.05) is 6.92 Å². The van der Waals surface area contributed by atoms with E-state index in [1.807, 2.05) is 11.8 Å². The van der Waals surface area contributed by atoms with Crippen LogP contribution in [0.3, 0.4) is 0 Å². The molecule has 1 N–H and O–H groups in total. The summed E-state index contributed by atoms with van der Waals surface area (Å²) in [5.74, 6) is 0.183. The number of aromatic amines is 1. The Kier molecular flexibility index (Phi) is 5.74. The Morgan fingerprint density at radius 1 is 1.60 bits per heavy atom. The molecular formula is C14H22N2O2S2. The van der Waals surface area contributed by atoms with Gasteiger partial charge in [-0.25, -0.2) is 0 Å². The SMILES string of the molecule is CCCOC1CCCN(C(=O)Cc2sc(=S)[nH]c2C)C1. The van der Waals surface area contributed by atoms with Crippen molar-refractivity contribution in [2.45, 2.75) is 45.6 Å². The van der Waals surface area contributed by atoms with Gasteiger partial charge in [0.25, 0.3) is 0 Å². The molecule has 0 bridgehead atoms. The minimum Gasteiger partial charge on any atom is -0.376 e. The van der Waals surface area contributed by atoms with Crippen molar-refractivity contribution in [3.05, 3.63) is 14.5 Å². The highest BCUT2D eigenvalue weighted by molar-refractivity contribution is 7.73. The molecule has 1 atom stereocenters. The number of amides is 1. The van der Waals surface area contributed by atoms with Crippen LogP contribution >= 0.6 is 23.6 Å². The van der Waals surface area contributed by atoms with Gasteiger partial charge in [0.15, 0.2) is 3.95 Å². The van der Waals surface area contributed by atoms with Crippen molar-refractivity contribution in [2.24, 2.45) is 0 Å². The second kappa shape index (κ2) is 7.33. The maximum Gasteiger partial charge on any atom is 0.227 e. The molecule has 1 unspecified atom stereocenters. The topological polar surface area (TPSA) is 45.3 Å². The van der Waals surface area contributed by atoms with Crippen molar-refractivity contribution in [3.63, 3.8) is 0 Å². The molecule has 1 saturated heterocycles. The molecule has 20 heavy (non-hydrogen) atoms. The number of nitrogens with zero attached hydrogens (tertiary/aromatic N) is 1. The van der Waals surface area contributed by atoms with Gasteiger partial charge in [-0.15, -0.1) is 11.3 Å². The second-order valence-corrected chi connectivity index (χ2v) is 6.99. The number of ether oxygens (including phenoxy) is 1. The van der Waals surface area contributed by atoms with E-state index in [1.165, 1.54) is 11.3 Å². The first-order chi connectivity index (χ1) is 9.60. The first kappa shape index (κ1) is 15.7. The average molecular weight is 314 g/mol. The number of H-pyrrole nitrogens is 1. The lowest BCUT2D eigenvalue weighted by Crippen LogP contribution is -2.43. The molecule has 0 saturated carbocycles. The number of carbonyl (C=O) groups is 1. The van der Waals surface area contributed by atoms with E-state index in [1.54, 1.807) is 0 Å². The van der Waals surface area contributed by atoms with E-state index in [0.29, 0.717) is 6.42 Å². The van der Waals surface area contributed by atoms with Gasteiger partial charge < -0.3 is 14.6 Å². The van der Waals surface area contributed by atoms with E-state index in [4.69, 9.17) is 17.0 Å². The lowest BCUT2D eigenvalue weighted by molar-refractivity contribution is -0.134. The summed E-state index contributed by atoms with van der Waals surface area (Å²) < 4.78 is 6.52. The zero-order valence-corrected chi connectivity index (χ0v) is 13.7. The monoisotopic (exact) mass is 314 g/mol. The third-order valence-corrected chi connectivity index (χ3v) is 4.86. The zero-order chi connectivity index (χ0) is 14.5. The Labute approximate surface area is 129 Å². The van der Waals surface area contributed by atoms with Crippen LogP contribution in [0.2, 0.25) is 0 Å². The molecule has 1 aromatic heterocycles. The highest BCUT2D eigenvalue weighted by Gasteiger charge is 2.24.